The van der Waals surface area contributed by atoms with Gasteiger partial charge in [0.1, 0.15) is 12.2 Å². The molecular formula is C23H35N3O5. The minimum absolute atomic E-state index is 0.0281. The van der Waals surface area contributed by atoms with Crippen molar-refractivity contribution >= 4 is 18.0 Å². The van der Waals surface area contributed by atoms with Crippen LogP contribution in [0, 0.1) is 0 Å². The molecule has 1 atom stereocenters. The minimum Gasteiger partial charge on any atom is -0.461 e. The SMILES string of the molecule is CC(C)(C)OC(=O)N[C@H](CC(=O)NCCN1CCCC1)CC(=O)OCc1ccccc1. The highest BCUT2D eigenvalue weighted by Gasteiger charge is 2.24. The van der Waals surface area contributed by atoms with Crippen LogP contribution in [-0.4, -0.2) is 60.7 Å². The summed E-state index contributed by atoms with van der Waals surface area (Å²) >= 11 is 0. The number of hydrogen-bond acceptors (Lipinski definition) is 6. The van der Waals surface area contributed by atoms with E-state index in [2.05, 4.69) is 15.5 Å². The van der Waals surface area contributed by atoms with Gasteiger partial charge in [-0.25, -0.2) is 4.79 Å². The number of rotatable bonds is 10. The first kappa shape index (κ1) is 24.7. The number of alkyl carbamates (subject to hydrolysis) is 1. The zero-order valence-electron chi connectivity index (χ0n) is 18.8. The summed E-state index contributed by atoms with van der Waals surface area (Å²) < 4.78 is 10.6. The van der Waals surface area contributed by atoms with E-state index in [4.69, 9.17) is 9.47 Å². The molecule has 2 N–H and O–H groups in total. The van der Waals surface area contributed by atoms with Gasteiger partial charge in [-0.3, -0.25) is 9.59 Å². The second-order valence-electron chi connectivity index (χ2n) is 8.80. The Hall–Kier alpha value is -2.61. The van der Waals surface area contributed by atoms with E-state index in [1.807, 2.05) is 30.3 Å². The Morgan fingerprint density at radius 1 is 1.06 bits per heavy atom. The van der Waals surface area contributed by atoms with Gasteiger partial charge in [0.15, 0.2) is 0 Å². The summed E-state index contributed by atoms with van der Waals surface area (Å²) in [4.78, 5) is 39.2. The van der Waals surface area contributed by atoms with E-state index in [-0.39, 0.29) is 25.4 Å². The van der Waals surface area contributed by atoms with Crippen molar-refractivity contribution in [3.05, 3.63) is 35.9 Å². The van der Waals surface area contributed by atoms with Crippen LogP contribution >= 0.6 is 0 Å². The monoisotopic (exact) mass is 433 g/mol. The number of carbonyl (C=O) groups excluding carboxylic acids is 3. The molecular weight excluding hydrogens is 398 g/mol. The van der Waals surface area contributed by atoms with E-state index in [1.165, 1.54) is 12.8 Å². The van der Waals surface area contributed by atoms with Gasteiger partial charge in [-0.05, 0) is 52.3 Å². The maximum absolute atomic E-state index is 12.4. The summed E-state index contributed by atoms with van der Waals surface area (Å²) in [6.45, 7) is 8.85. The average Bonchev–Trinajstić information content (AvgIpc) is 3.19. The Kier molecular flexibility index (Phi) is 9.78. The molecule has 1 aromatic carbocycles. The number of likely N-dealkylation sites (tertiary alicyclic amines) is 1. The molecule has 0 radical (unpaired) electrons. The van der Waals surface area contributed by atoms with Crippen LogP contribution < -0.4 is 10.6 Å². The molecule has 1 aliphatic heterocycles. The predicted molar refractivity (Wildman–Crippen MR) is 117 cm³/mol. The fourth-order valence-electron chi connectivity index (χ4n) is 3.30. The van der Waals surface area contributed by atoms with Crippen LogP contribution in [0.15, 0.2) is 30.3 Å². The van der Waals surface area contributed by atoms with Crippen molar-refractivity contribution in [3.8, 4) is 0 Å². The van der Waals surface area contributed by atoms with E-state index in [9.17, 15) is 14.4 Å². The largest absolute Gasteiger partial charge is 0.461 e. The summed E-state index contributed by atoms with van der Waals surface area (Å²) in [7, 11) is 0. The van der Waals surface area contributed by atoms with Crippen molar-refractivity contribution < 1.29 is 23.9 Å². The number of hydrogen-bond donors (Lipinski definition) is 2. The Morgan fingerprint density at radius 2 is 1.74 bits per heavy atom. The molecule has 2 rings (SSSR count). The van der Waals surface area contributed by atoms with Crippen LogP contribution in [0.2, 0.25) is 0 Å². The lowest BCUT2D eigenvalue weighted by Crippen LogP contribution is -2.43. The highest BCUT2D eigenvalue weighted by molar-refractivity contribution is 5.79. The minimum atomic E-state index is -0.718. The van der Waals surface area contributed by atoms with Crippen LogP contribution in [0.3, 0.4) is 0 Å². The number of nitrogens with one attached hydrogen (secondary N) is 2. The van der Waals surface area contributed by atoms with E-state index in [0.717, 1.165) is 25.2 Å². The maximum Gasteiger partial charge on any atom is 0.407 e. The maximum atomic E-state index is 12.4. The summed E-state index contributed by atoms with van der Waals surface area (Å²) in [5.74, 6) is -0.717. The fourth-order valence-corrected chi connectivity index (χ4v) is 3.30. The number of ether oxygens (including phenoxy) is 2. The molecule has 2 amide bonds. The van der Waals surface area contributed by atoms with E-state index in [1.54, 1.807) is 20.8 Å². The molecule has 0 bridgehead atoms. The molecule has 0 aliphatic carbocycles. The quantitative estimate of drug-likeness (QED) is 0.551. The Balaban J connectivity index is 1.84. The molecule has 1 aromatic rings. The third-order valence-corrected chi connectivity index (χ3v) is 4.76. The third kappa shape index (κ3) is 10.8. The number of esters is 1. The molecule has 0 aromatic heterocycles. The lowest BCUT2D eigenvalue weighted by molar-refractivity contribution is -0.145. The van der Waals surface area contributed by atoms with Gasteiger partial charge in [0, 0.05) is 19.5 Å². The van der Waals surface area contributed by atoms with Gasteiger partial charge in [0.25, 0.3) is 0 Å². The van der Waals surface area contributed by atoms with Crippen LogP contribution in [-0.2, 0) is 25.7 Å². The summed E-state index contributed by atoms with van der Waals surface area (Å²) in [6.07, 6.45) is 1.57. The lowest BCUT2D eigenvalue weighted by atomic mass is 10.1. The zero-order valence-corrected chi connectivity index (χ0v) is 18.8. The van der Waals surface area contributed by atoms with Gasteiger partial charge in [-0.2, -0.15) is 0 Å². The predicted octanol–water partition coefficient (Wildman–Crippen LogP) is 2.62. The Morgan fingerprint density at radius 3 is 2.39 bits per heavy atom. The van der Waals surface area contributed by atoms with Crippen molar-refractivity contribution in [3.63, 3.8) is 0 Å². The fraction of sp³-hybridized carbons (Fsp3) is 0.609. The topological polar surface area (TPSA) is 97.0 Å². The van der Waals surface area contributed by atoms with E-state index < -0.39 is 23.7 Å². The van der Waals surface area contributed by atoms with Crippen molar-refractivity contribution in [2.45, 2.75) is 64.7 Å². The molecule has 31 heavy (non-hydrogen) atoms. The highest BCUT2D eigenvalue weighted by atomic mass is 16.6. The second kappa shape index (κ2) is 12.3. The van der Waals surface area contributed by atoms with Crippen LogP contribution in [0.4, 0.5) is 4.79 Å². The summed E-state index contributed by atoms with van der Waals surface area (Å²) in [5, 5.41) is 5.50. The summed E-state index contributed by atoms with van der Waals surface area (Å²) in [6, 6.07) is 8.61. The molecule has 1 heterocycles. The van der Waals surface area contributed by atoms with Crippen molar-refractivity contribution in [1.82, 2.24) is 15.5 Å². The van der Waals surface area contributed by atoms with Crippen LogP contribution in [0.1, 0.15) is 52.0 Å². The number of amides is 2. The first-order valence-corrected chi connectivity index (χ1v) is 10.9. The average molecular weight is 434 g/mol. The molecule has 1 saturated heterocycles. The van der Waals surface area contributed by atoms with Crippen LogP contribution in [0.25, 0.3) is 0 Å². The highest BCUT2D eigenvalue weighted by Crippen LogP contribution is 2.10. The zero-order chi connectivity index (χ0) is 22.7. The van der Waals surface area contributed by atoms with Gasteiger partial charge >= 0.3 is 12.1 Å². The van der Waals surface area contributed by atoms with Gasteiger partial charge in [0.2, 0.25) is 5.91 Å². The Bertz CT molecular complexity index is 712. The van der Waals surface area contributed by atoms with Crippen molar-refractivity contribution in [1.29, 1.82) is 0 Å². The normalized spacial score (nSPS) is 15.2. The third-order valence-electron chi connectivity index (χ3n) is 4.76. The molecule has 172 valence electrons. The van der Waals surface area contributed by atoms with Crippen molar-refractivity contribution in [2.24, 2.45) is 0 Å². The van der Waals surface area contributed by atoms with Crippen molar-refractivity contribution in [2.75, 3.05) is 26.2 Å². The molecule has 0 unspecified atom stereocenters. The number of benzene rings is 1. The molecule has 1 aliphatic rings. The molecule has 8 heteroatoms. The van der Waals surface area contributed by atoms with Gasteiger partial charge in [-0.1, -0.05) is 30.3 Å². The standard InChI is InChI=1S/C23H35N3O5/c1-23(2,3)31-22(29)25-19(15-20(27)24-11-14-26-12-7-8-13-26)16-21(28)30-17-18-9-5-4-6-10-18/h4-6,9-10,19H,7-8,11-17H2,1-3H3,(H,24,27)(H,25,29)/t19-/m1/s1. The molecule has 8 nitrogen and oxygen atoms in total. The number of carbonyl (C=O) groups is 3. The molecule has 0 saturated carbocycles. The molecule has 1 fully saturated rings. The van der Waals surface area contributed by atoms with Gasteiger partial charge in [0.05, 0.1) is 12.5 Å². The Labute approximate surface area is 184 Å². The first-order chi connectivity index (χ1) is 14.7. The number of nitrogens with zero attached hydrogens (tertiary/aromatic N) is 1. The summed E-state index contributed by atoms with van der Waals surface area (Å²) in [5.41, 5.74) is 0.188. The van der Waals surface area contributed by atoms with E-state index in [0.29, 0.717) is 6.54 Å². The van der Waals surface area contributed by atoms with Gasteiger partial charge in [-0.15, -0.1) is 0 Å². The smallest absolute Gasteiger partial charge is 0.407 e. The first-order valence-electron chi connectivity index (χ1n) is 10.9. The molecule has 0 spiro atoms. The second-order valence-corrected chi connectivity index (χ2v) is 8.80. The lowest BCUT2D eigenvalue weighted by Gasteiger charge is -2.23. The van der Waals surface area contributed by atoms with E-state index >= 15 is 0 Å². The van der Waals surface area contributed by atoms with Gasteiger partial charge < -0.3 is 25.0 Å². The van der Waals surface area contributed by atoms with Crippen LogP contribution in [0.5, 0.6) is 0 Å².